The number of piperidine rings is 1. The van der Waals surface area contributed by atoms with Gasteiger partial charge in [0.05, 0.1) is 23.0 Å². The molecule has 0 aromatic carbocycles. The largest absolute Gasteiger partial charge is 0.417 e. The zero-order valence-electron chi connectivity index (χ0n) is 17.6. The number of pyridine rings is 1. The van der Waals surface area contributed by atoms with Crippen molar-refractivity contribution in [3.8, 4) is 0 Å². The third-order valence-electron chi connectivity index (χ3n) is 5.84. The van der Waals surface area contributed by atoms with Crippen LogP contribution in [0, 0.1) is 0 Å². The van der Waals surface area contributed by atoms with Crippen molar-refractivity contribution in [3.63, 3.8) is 0 Å². The summed E-state index contributed by atoms with van der Waals surface area (Å²) in [5, 5.41) is 3.89. The fourth-order valence-corrected chi connectivity index (χ4v) is 4.08. The first kappa shape index (κ1) is 21.3. The normalized spacial score (nSPS) is 18.7. The number of alkyl halides is 3. The van der Waals surface area contributed by atoms with E-state index in [4.69, 9.17) is 4.52 Å². The fourth-order valence-electron chi connectivity index (χ4n) is 4.08. The van der Waals surface area contributed by atoms with Gasteiger partial charge < -0.3 is 14.0 Å². The SMILES string of the molecule is CC(C)c1cc(C(F)(F)F)c2c([C@H]3CCCN(C(=O)[C@@H](C)n4ccnc4)C3)noc2n1. The van der Waals surface area contributed by atoms with Crippen LogP contribution in [0.3, 0.4) is 0 Å². The lowest BCUT2D eigenvalue weighted by Gasteiger charge is -2.34. The number of nitrogens with zero attached hydrogens (tertiary/aromatic N) is 5. The molecule has 0 bridgehead atoms. The Morgan fingerprint density at radius 3 is 2.71 bits per heavy atom. The molecule has 1 fully saturated rings. The van der Waals surface area contributed by atoms with Crippen LogP contribution in [-0.2, 0) is 11.0 Å². The first-order valence-electron chi connectivity index (χ1n) is 10.3. The van der Waals surface area contributed by atoms with Gasteiger partial charge in [-0.15, -0.1) is 0 Å². The lowest BCUT2D eigenvalue weighted by molar-refractivity contribution is -0.137. The summed E-state index contributed by atoms with van der Waals surface area (Å²) in [6, 6.07) is 0.636. The molecule has 1 aliphatic heterocycles. The second-order valence-electron chi connectivity index (χ2n) is 8.30. The molecule has 4 heterocycles. The molecule has 3 aromatic rings. The summed E-state index contributed by atoms with van der Waals surface area (Å²) in [6.45, 7) is 6.16. The molecular weight excluding hydrogens is 411 g/mol. The van der Waals surface area contributed by atoms with Crippen molar-refractivity contribution in [1.82, 2.24) is 24.6 Å². The van der Waals surface area contributed by atoms with Crippen molar-refractivity contribution in [2.24, 2.45) is 0 Å². The molecule has 31 heavy (non-hydrogen) atoms. The molecule has 0 spiro atoms. The number of hydrogen-bond donors (Lipinski definition) is 0. The van der Waals surface area contributed by atoms with Gasteiger partial charge in [-0.25, -0.2) is 9.97 Å². The van der Waals surface area contributed by atoms with E-state index in [2.05, 4.69) is 15.1 Å². The number of aromatic nitrogens is 4. The van der Waals surface area contributed by atoms with Crippen LogP contribution in [0.2, 0.25) is 0 Å². The van der Waals surface area contributed by atoms with Crippen molar-refractivity contribution >= 4 is 17.0 Å². The number of carbonyl (C=O) groups excluding carboxylic acids is 1. The molecule has 166 valence electrons. The molecule has 0 aliphatic carbocycles. The molecule has 0 saturated carbocycles. The average molecular weight is 435 g/mol. The first-order valence-corrected chi connectivity index (χ1v) is 10.3. The van der Waals surface area contributed by atoms with E-state index in [9.17, 15) is 18.0 Å². The van der Waals surface area contributed by atoms with E-state index in [1.807, 2.05) is 0 Å². The number of hydrogen-bond acceptors (Lipinski definition) is 5. The Labute approximate surface area is 177 Å². The van der Waals surface area contributed by atoms with E-state index < -0.39 is 17.8 Å². The molecule has 3 aromatic heterocycles. The van der Waals surface area contributed by atoms with Gasteiger partial charge in [-0.1, -0.05) is 19.0 Å². The second-order valence-corrected chi connectivity index (χ2v) is 8.30. The highest BCUT2D eigenvalue weighted by Crippen LogP contribution is 2.41. The molecule has 0 N–H and O–H groups in total. The predicted molar refractivity (Wildman–Crippen MR) is 106 cm³/mol. The Morgan fingerprint density at radius 1 is 1.29 bits per heavy atom. The summed E-state index contributed by atoms with van der Waals surface area (Å²) in [6.07, 6.45) is 1.60. The van der Waals surface area contributed by atoms with Crippen molar-refractivity contribution in [2.45, 2.75) is 57.7 Å². The van der Waals surface area contributed by atoms with Crippen molar-refractivity contribution in [1.29, 1.82) is 0 Å². The fraction of sp³-hybridized carbons (Fsp3) is 0.524. The van der Waals surface area contributed by atoms with E-state index >= 15 is 0 Å². The minimum absolute atomic E-state index is 0.0983. The predicted octanol–water partition coefficient (Wildman–Crippen LogP) is 4.53. The Bertz CT molecular complexity index is 1070. The van der Waals surface area contributed by atoms with Crippen molar-refractivity contribution in [3.05, 3.63) is 41.7 Å². The molecule has 7 nitrogen and oxygen atoms in total. The van der Waals surface area contributed by atoms with E-state index in [0.29, 0.717) is 25.1 Å². The molecule has 10 heteroatoms. The zero-order chi connectivity index (χ0) is 22.3. The summed E-state index contributed by atoms with van der Waals surface area (Å²) in [5.74, 6) is -0.653. The van der Waals surface area contributed by atoms with Crippen LogP contribution in [0.5, 0.6) is 0 Å². The zero-order valence-corrected chi connectivity index (χ0v) is 17.6. The third-order valence-corrected chi connectivity index (χ3v) is 5.84. The lowest BCUT2D eigenvalue weighted by atomic mass is 9.91. The highest BCUT2D eigenvalue weighted by atomic mass is 19.4. The van der Waals surface area contributed by atoms with Crippen LogP contribution in [0.4, 0.5) is 13.2 Å². The second kappa shape index (κ2) is 7.97. The smallest absolute Gasteiger partial charge is 0.340 e. The molecule has 1 amide bonds. The van der Waals surface area contributed by atoms with Crippen molar-refractivity contribution in [2.75, 3.05) is 13.1 Å². The Hall–Kier alpha value is -2.91. The summed E-state index contributed by atoms with van der Waals surface area (Å²) >= 11 is 0. The molecular formula is C21H24F3N5O2. The Balaban J connectivity index is 1.68. The quantitative estimate of drug-likeness (QED) is 0.602. The number of rotatable bonds is 4. The van der Waals surface area contributed by atoms with E-state index in [-0.39, 0.29) is 41.1 Å². The number of imidazole rings is 1. The van der Waals surface area contributed by atoms with Crippen LogP contribution in [0.1, 0.15) is 68.4 Å². The third kappa shape index (κ3) is 4.03. The molecule has 1 aliphatic rings. The molecule has 2 atom stereocenters. The van der Waals surface area contributed by atoms with Crippen LogP contribution < -0.4 is 0 Å². The van der Waals surface area contributed by atoms with Gasteiger partial charge in [0.1, 0.15) is 6.04 Å². The van der Waals surface area contributed by atoms with Crippen LogP contribution in [0.15, 0.2) is 29.3 Å². The van der Waals surface area contributed by atoms with Gasteiger partial charge in [0.25, 0.3) is 5.71 Å². The van der Waals surface area contributed by atoms with Gasteiger partial charge in [0.15, 0.2) is 0 Å². The summed E-state index contributed by atoms with van der Waals surface area (Å²) in [4.78, 5) is 22.9. The average Bonchev–Trinajstić information content (AvgIpc) is 3.41. The molecule has 0 radical (unpaired) electrons. The van der Waals surface area contributed by atoms with E-state index in [1.54, 1.807) is 49.0 Å². The number of halogens is 3. The van der Waals surface area contributed by atoms with Gasteiger partial charge in [0.2, 0.25) is 5.91 Å². The maximum Gasteiger partial charge on any atom is 0.417 e. The van der Waals surface area contributed by atoms with Crippen LogP contribution in [0.25, 0.3) is 11.1 Å². The van der Waals surface area contributed by atoms with Crippen LogP contribution >= 0.6 is 0 Å². The van der Waals surface area contributed by atoms with Gasteiger partial charge in [-0.3, -0.25) is 4.79 Å². The Kier molecular flexibility index (Phi) is 5.49. The molecule has 1 saturated heterocycles. The maximum atomic E-state index is 13.9. The number of carbonyl (C=O) groups is 1. The highest BCUT2D eigenvalue weighted by Gasteiger charge is 2.39. The molecule has 0 unspecified atom stereocenters. The summed E-state index contributed by atoms with van der Waals surface area (Å²) in [7, 11) is 0. The van der Waals surface area contributed by atoms with Gasteiger partial charge >= 0.3 is 6.18 Å². The van der Waals surface area contributed by atoms with E-state index in [0.717, 1.165) is 6.07 Å². The molecule has 4 rings (SSSR count). The lowest BCUT2D eigenvalue weighted by Crippen LogP contribution is -2.42. The minimum Gasteiger partial charge on any atom is -0.340 e. The van der Waals surface area contributed by atoms with Crippen LogP contribution in [-0.4, -0.2) is 43.6 Å². The number of amides is 1. The van der Waals surface area contributed by atoms with E-state index in [1.165, 1.54) is 0 Å². The van der Waals surface area contributed by atoms with Crippen molar-refractivity contribution < 1.29 is 22.5 Å². The van der Waals surface area contributed by atoms with Gasteiger partial charge in [0, 0.05) is 37.1 Å². The number of likely N-dealkylation sites (tertiary alicyclic amines) is 1. The highest BCUT2D eigenvalue weighted by molar-refractivity contribution is 5.83. The minimum atomic E-state index is -4.56. The first-order chi connectivity index (χ1) is 14.7. The van der Waals surface area contributed by atoms with Gasteiger partial charge in [-0.05, 0) is 31.7 Å². The maximum absolute atomic E-state index is 13.9. The summed E-state index contributed by atoms with van der Waals surface area (Å²) in [5.41, 5.74) is -0.369. The standard InChI is InChI=1S/C21H24F3N5O2/c1-12(2)16-9-15(21(22,23)24)17-18(27-31-19(17)26-16)14-5-4-7-28(10-14)20(30)13(3)29-8-6-25-11-29/h6,8-9,11-14H,4-5,7,10H2,1-3H3/t13-,14+/m1/s1. The van der Waals surface area contributed by atoms with Gasteiger partial charge in [-0.2, -0.15) is 13.2 Å². The number of fused-ring (bicyclic) bond motifs is 1. The summed E-state index contributed by atoms with van der Waals surface area (Å²) < 4.78 is 48.6. The monoisotopic (exact) mass is 435 g/mol. The topological polar surface area (TPSA) is 77.0 Å². The Morgan fingerprint density at radius 2 is 2.06 bits per heavy atom.